The molecule has 0 unspecified atom stereocenters. The van der Waals surface area contributed by atoms with Gasteiger partial charge in [-0.1, -0.05) is 0 Å². The summed E-state index contributed by atoms with van der Waals surface area (Å²) in [7, 11) is 2.45. The van der Waals surface area contributed by atoms with Crippen LogP contribution in [-0.2, 0) is 4.74 Å². The fourth-order valence-electron chi connectivity index (χ4n) is 1.13. The summed E-state index contributed by atoms with van der Waals surface area (Å²) in [5.41, 5.74) is -0.480. The van der Waals surface area contributed by atoms with Crippen LogP contribution in [0.2, 0.25) is 0 Å². The minimum Gasteiger partial charge on any atom is -0.497 e. The van der Waals surface area contributed by atoms with Gasteiger partial charge < -0.3 is 9.47 Å². The molecule has 1 rings (SSSR count). The molecule has 4 nitrogen and oxygen atoms in total. The number of carbonyl (C=O) groups excluding carboxylic acids is 2. The van der Waals surface area contributed by atoms with Gasteiger partial charge in [0, 0.05) is 11.6 Å². The first kappa shape index (κ1) is 11.2. The molecule has 0 atom stereocenters. The molecule has 0 heterocycles. The molecule has 0 aromatic heterocycles. The number of aldehydes is 1. The van der Waals surface area contributed by atoms with Crippen LogP contribution in [0.25, 0.3) is 0 Å². The number of esters is 1. The number of rotatable bonds is 3. The van der Waals surface area contributed by atoms with Crippen molar-refractivity contribution in [1.82, 2.24) is 0 Å². The van der Waals surface area contributed by atoms with Crippen molar-refractivity contribution in [1.29, 1.82) is 0 Å². The summed E-state index contributed by atoms with van der Waals surface area (Å²) >= 11 is 0. The van der Waals surface area contributed by atoms with E-state index in [1.807, 2.05) is 0 Å². The Bertz CT molecular complexity index is 401. The molecule has 0 aliphatic carbocycles. The molecule has 0 spiro atoms. The lowest BCUT2D eigenvalue weighted by molar-refractivity contribution is 0.0593. The van der Waals surface area contributed by atoms with Gasteiger partial charge in [-0.3, -0.25) is 4.79 Å². The zero-order chi connectivity index (χ0) is 11.4. The Labute approximate surface area is 85.6 Å². The normalized spacial score (nSPS) is 9.53. The van der Waals surface area contributed by atoms with Gasteiger partial charge in [0.15, 0.2) is 6.29 Å². The van der Waals surface area contributed by atoms with Crippen LogP contribution in [0.4, 0.5) is 4.39 Å². The fraction of sp³-hybridized carbons (Fsp3) is 0.200. The van der Waals surface area contributed by atoms with E-state index in [0.29, 0.717) is 6.29 Å². The lowest BCUT2D eigenvalue weighted by atomic mass is 10.1. The van der Waals surface area contributed by atoms with E-state index in [9.17, 15) is 14.0 Å². The monoisotopic (exact) mass is 212 g/mol. The molecule has 0 radical (unpaired) electrons. The summed E-state index contributed by atoms with van der Waals surface area (Å²) < 4.78 is 22.5. The molecule has 0 bridgehead atoms. The highest BCUT2D eigenvalue weighted by Crippen LogP contribution is 2.21. The molecule has 0 aliphatic heterocycles. The highest BCUT2D eigenvalue weighted by Gasteiger charge is 2.18. The Morgan fingerprint density at radius 2 is 2.07 bits per heavy atom. The molecule has 0 saturated heterocycles. The molecule has 1 aromatic carbocycles. The first-order valence-corrected chi connectivity index (χ1v) is 4.05. The SMILES string of the molecule is COC(=O)c1c(F)cc(OC)cc1C=O. The van der Waals surface area contributed by atoms with Gasteiger partial charge in [0.05, 0.1) is 14.2 Å². The van der Waals surface area contributed by atoms with E-state index in [4.69, 9.17) is 4.74 Å². The summed E-state index contributed by atoms with van der Waals surface area (Å²) in [5, 5.41) is 0. The predicted octanol–water partition coefficient (Wildman–Crippen LogP) is 1.43. The summed E-state index contributed by atoms with van der Waals surface area (Å²) in [4.78, 5) is 21.8. The van der Waals surface area contributed by atoms with Gasteiger partial charge in [-0.05, 0) is 6.07 Å². The van der Waals surface area contributed by atoms with Crippen LogP contribution in [0.1, 0.15) is 20.7 Å². The lowest BCUT2D eigenvalue weighted by Crippen LogP contribution is -2.09. The number of hydrogen-bond donors (Lipinski definition) is 0. The van der Waals surface area contributed by atoms with Gasteiger partial charge >= 0.3 is 5.97 Å². The number of carbonyl (C=O) groups is 2. The summed E-state index contributed by atoms with van der Waals surface area (Å²) in [6.45, 7) is 0. The van der Waals surface area contributed by atoms with Gasteiger partial charge in [-0.2, -0.15) is 0 Å². The lowest BCUT2D eigenvalue weighted by Gasteiger charge is -2.06. The van der Waals surface area contributed by atoms with Crippen LogP contribution in [0, 0.1) is 5.82 Å². The summed E-state index contributed by atoms with van der Waals surface area (Å²) in [6.07, 6.45) is 0.373. The van der Waals surface area contributed by atoms with Crippen molar-refractivity contribution < 1.29 is 23.5 Å². The van der Waals surface area contributed by atoms with Crippen molar-refractivity contribution >= 4 is 12.3 Å². The maximum absolute atomic E-state index is 13.4. The summed E-state index contributed by atoms with van der Waals surface area (Å²) in [5.74, 6) is -1.57. The van der Waals surface area contributed by atoms with Crippen LogP contribution in [-0.4, -0.2) is 26.5 Å². The Hall–Kier alpha value is -1.91. The van der Waals surface area contributed by atoms with E-state index >= 15 is 0 Å². The zero-order valence-electron chi connectivity index (χ0n) is 8.24. The first-order chi connectivity index (χ1) is 7.13. The molecular weight excluding hydrogens is 203 g/mol. The van der Waals surface area contributed by atoms with Crippen molar-refractivity contribution in [3.8, 4) is 5.75 Å². The third kappa shape index (κ3) is 2.12. The maximum atomic E-state index is 13.4. The van der Waals surface area contributed by atoms with Crippen molar-refractivity contribution in [3.63, 3.8) is 0 Å². The highest BCUT2D eigenvalue weighted by molar-refractivity contribution is 5.98. The second-order valence-corrected chi connectivity index (χ2v) is 2.68. The smallest absolute Gasteiger partial charge is 0.341 e. The second-order valence-electron chi connectivity index (χ2n) is 2.68. The van der Waals surface area contributed by atoms with E-state index in [0.717, 1.165) is 13.2 Å². The van der Waals surface area contributed by atoms with E-state index < -0.39 is 11.8 Å². The third-order valence-corrected chi connectivity index (χ3v) is 1.85. The van der Waals surface area contributed by atoms with Gasteiger partial charge in [0.2, 0.25) is 0 Å². The van der Waals surface area contributed by atoms with Crippen molar-refractivity contribution in [2.45, 2.75) is 0 Å². The van der Waals surface area contributed by atoms with Gasteiger partial charge in [0.25, 0.3) is 0 Å². The number of benzene rings is 1. The minimum absolute atomic E-state index is 0.0984. The Balaban J connectivity index is 3.37. The Morgan fingerprint density at radius 3 is 2.53 bits per heavy atom. The standard InChI is InChI=1S/C10H9FO4/c1-14-7-3-6(5-12)9(8(11)4-7)10(13)15-2/h3-5H,1-2H3. The molecule has 0 aliphatic rings. The number of halogens is 1. The topological polar surface area (TPSA) is 52.6 Å². The number of hydrogen-bond acceptors (Lipinski definition) is 4. The second kappa shape index (κ2) is 4.54. The molecule has 15 heavy (non-hydrogen) atoms. The quantitative estimate of drug-likeness (QED) is 0.561. The molecule has 80 valence electrons. The molecule has 0 saturated carbocycles. The molecule has 5 heteroatoms. The third-order valence-electron chi connectivity index (χ3n) is 1.85. The molecule has 0 amide bonds. The van der Waals surface area contributed by atoms with Crippen molar-refractivity contribution in [2.24, 2.45) is 0 Å². The predicted molar refractivity (Wildman–Crippen MR) is 49.7 cm³/mol. The van der Waals surface area contributed by atoms with Crippen LogP contribution in [0.3, 0.4) is 0 Å². The Kier molecular flexibility index (Phi) is 3.38. The molecule has 0 fully saturated rings. The van der Waals surface area contributed by atoms with Crippen molar-refractivity contribution in [2.75, 3.05) is 14.2 Å². The maximum Gasteiger partial charge on any atom is 0.341 e. The van der Waals surface area contributed by atoms with Crippen LogP contribution in [0.5, 0.6) is 5.75 Å². The number of ether oxygens (including phenoxy) is 2. The van der Waals surface area contributed by atoms with Crippen LogP contribution < -0.4 is 4.74 Å². The highest BCUT2D eigenvalue weighted by atomic mass is 19.1. The molecular formula is C10H9FO4. The molecule has 1 aromatic rings. The van der Waals surface area contributed by atoms with Crippen LogP contribution >= 0.6 is 0 Å². The van der Waals surface area contributed by atoms with Crippen molar-refractivity contribution in [3.05, 3.63) is 29.1 Å². The van der Waals surface area contributed by atoms with E-state index in [1.165, 1.54) is 13.2 Å². The minimum atomic E-state index is -0.891. The largest absolute Gasteiger partial charge is 0.497 e. The fourth-order valence-corrected chi connectivity index (χ4v) is 1.13. The van der Waals surface area contributed by atoms with Gasteiger partial charge in [-0.15, -0.1) is 0 Å². The average Bonchev–Trinajstić information content (AvgIpc) is 2.26. The van der Waals surface area contributed by atoms with Gasteiger partial charge in [-0.25, -0.2) is 9.18 Å². The number of methoxy groups -OCH3 is 2. The van der Waals surface area contributed by atoms with Gasteiger partial charge in [0.1, 0.15) is 17.1 Å². The summed E-state index contributed by atoms with van der Waals surface area (Å²) in [6, 6.07) is 2.28. The first-order valence-electron chi connectivity index (χ1n) is 4.05. The van der Waals surface area contributed by atoms with E-state index in [1.54, 1.807) is 0 Å². The van der Waals surface area contributed by atoms with E-state index in [-0.39, 0.29) is 16.9 Å². The average molecular weight is 212 g/mol. The van der Waals surface area contributed by atoms with E-state index in [2.05, 4.69) is 4.74 Å². The zero-order valence-corrected chi connectivity index (χ0v) is 8.24. The Morgan fingerprint density at radius 1 is 1.40 bits per heavy atom. The molecule has 0 N–H and O–H groups in total. The van der Waals surface area contributed by atoms with Crippen LogP contribution in [0.15, 0.2) is 12.1 Å².